The Morgan fingerprint density at radius 2 is 0.829 bits per heavy atom. The molecular formula is C25H10F12N2S2. The van der Waals surface area contributed by atoms with Gasteiger partial charge in [-0.15, -0.1) is 22.7 Å². The highest BCUT2D eigenvalue weighted by Crippen LogP contribution is 2.67. The predicted octanol–water partition coefficient (Wildman–Crippen LogP) is 9.80. The molecule has 2 aromatic carbocycles. The maximum absolute atomic E-state index is 15.3. The molecule has 0 spiro atoms. The third-order valence-corrected chi connectivity index (χ3v) is 8.20. The van der Waals surface area contributed by atoms with Gasteiger partial charge in [0.1, 0.15) is 10.0 Å². The lowest BCUT2D eigenvalue weighted by atomic mass is 10.0. The normalized spacial score (nSPS) is 18.2. The van der Waals surface area contributed by atoms with Gasteiger partial charge >= 0.3 is 30.1 Å². The van der Waals surface area contributed by atoms with Crippen LogP contribution in [0.2, 0.25) is 0 Å². The molecule has 0 fully saturated rings. The first-order valence-electron chi connectivity index (χ1n) is 11.1. The maximum atomic E-state index is 15.3. The quantitative estimate of drug-likeness (QED) is 0.210. The van der Waals surface area contributed by atoms with Crippen LogP contribution in [0.5, 0.6) is 0 Å². The second kappa shape index (κ2) is 9.31. The summed E-state index contributed by atoms with van der Waals surface area (Å²) in [4.78, 5) is 2.69. The van der Waals surface area contributed by atoms with E-state index in [1.54, 1.807) is 0 Å². The van der Waals surface area contributed by atoms with Crippen molar-refractivity contribution in [1.29, 1.82) is 0 Å². The van der Waals surface area contributed by atoms with Crippen LogP contribution in [-0.4, -0.2) is 27.7 Å². The van der Waals surface area contributed by atoms with Crippen LogP contribution in [0.3, 0.4) is 0 Å². The molecule has 0 amide bonds. The van der Waals surface area contributed by atoms with Gasteiger partial charge in [-0.3, -0.25) is 0 Å². The lowest BCUT2D eigenvalue weighted by Gasteiger charge is -2.25. The molecule has 16 heteroatoms. The van der Waals surface area contributed by atoms with Gasteiger partial charge in [-0.25, -0.2) is 9.97 Å². The summed E-state index contributed by atoms with van der Waals surface area (Å²) in [5.74, 6) is -18.5. The van der Waals surface area contributed by atoms with Crippen molar-refractivity contribution in [2.75, 3.05) is 0 Å². The van der Waals surface area contributed by atoms with Crippen LogP contribution in [0.25, 0.3) is 32.3 Å². The molecule has 216 valence electrons. The average molecular weight is 630 g/mol. The molecule has 41 heavy (non-hydrogen) atoms. The number of rotatable bonds is 4. The molecular weight excluding hydrogens is 620 g/mol. The Morgan fingerprint density at radius 3 is 1.12 bits per heavy atom. The van der Waals surface area contributed by atoms with E-state index in [1.165, 1.54) is 60.7 Å². The molecule has 0 N–H and O–H groups in total. The van der Waals surface area contributed by atoms with E-state index in [0.29, 0.717) is 0 Å². The third kappa shape index (κ3) is 4.51. The molecule has 1 aliphatic rings. The van der Waals surface area contributed by atoms with Gasteiger partial charge in [-0.1, -0.05) is 60.7 Å². The van der Waals surface area contributed by atoms with Crippen molar-refractivity contribution in [2.24, 2.45) is 0 Å². The smallest absolute Gasteiger partial charge is 0.231 e. The number of thiazole rings is 2. The molecule has 0 saturated heterocycles. The minimum absolute atomic E-state index is 0.114. The predicted molar refractivity (Wildman–Crippen MR) is 127 cm³/mol. The van der Waals surface area contributed by atoms with Crippen molar-refractivity contribution >= 4 is 33.8 Å². The number of benzene rings is 2. The van der Waals surface area contributed by atoms with E-state index >= 15 is 17.6 Å². The summed E-state index contributed by atoms with van der Waals surface area (Å²) in [6, 6.07) is 12.9. The Labute approximate surface area is 229 Å². The van der Waals surface area contributed by atoms with E-state index in [1.807, 2.05) is 0 Å². The van der Waals surface area contributed by atoms with Gasteiger partial charge < -0.3 is 0 Å². The van der Waals surface area contributed by atoms with Crippen LogP contribution < -0.4 is 0 Å². The fourth-order valence-corrected chi connectivity index (χ4v) is 6.46. The largest absolute Gasteiger partial charge is 0.434 e. The standard InChI is InChI=1S/C25H10F12N2S2/c26-21(27)13(15-17(23(30,31)32)38-19(40-15)11-7-3-1-4-8-11)14(22(28,29)25(21,36)37)16-18(24(33,34)35)39-20(41-16)12-9-5-2-6-10-12/h1-10H. The van der Waals surface area contributed by atoms with E-state index in [0.717, 1.165) is 0 Å². The van der Waals surface area contributed by atoms with Crippen LogP contribution in [0.4, 0.5) is 52.7 Å². The molecule has 0 bridgehead atoms. The van der Waals surface area contributed by atoms with Crippen molar-refractivity contribution < 1.29 is 52.7 Å². The number of alkyl halides is 12. The summed E-state index contributed by atoms with van der Waals surface area (Å²) in [6.07, 6.45) is -11.3. The zero-order chi connectivity index (χ0) is 30.2. The van der Waals surface area contributed by atoms with Gasteiger partial charge in [-0.05, 0) is 0 Å². The van der Waals surface area contributed by atoms with Crippen molar-refractivity contribution in [1.82, 2.24) is 9.97 Å². The summed E-state index contributed by atoms with van der Waals surface area (Å²) in [5, 5.41) is -1.33. The highest BCUT2D eigenvalue weighted by molar-refractivity contribution is 7.17. The molecule has 4 aromatic rings. The second-order valence-electron chi connectivity index (χ2n) is 8.59. The molecule has 0 radical (unpaired) electrons. The number of allylic oxidation sites excluding steroid dienone is 2. The molecule has 1 aliphatic carbocycles. The Bertz CT molecular complexity index is 1510. The minimum atomic E-state index is -6.41. The van der Waals surface area contributed by atoms with Gasteiger partial charge in [0.2, 0.25) is 0 Å². The average Bonchev–Trinajstić information content (AvgIpc) is 3.55. The Morgan fingerprint density at radius 1 is 0.512 bits per heavy atom. The summed E-state index contributed by atoms with van der Waals surface area (Å²) < 4.78 is 175. The van der Waals surface area contributed by atoms with Gasteiger partial charge in [0.15, 0.2) is 11.4 Å². The van der Waals surface area contributed by atoms with Gasteiger partial charge in [0, 0.05) is 11.1 Å². The van der Waals surface area contributed by atoms with Gasteiger partial charge in [0.05, 0.1) is 20.9 Å². The molecule has 2 heterocycles. The Kier molecular flexibility index (Phi) is 6.61. The van der Waals surface area contributed by atoms with E-state index in [9.17, 15) is 35.1 Å². The number of aromatic nitrogens is 2. The first-order chi connectivity index (χ1) is 18.9. The van der Waals surface area contributed by atoms with Gasteiger partial charge in [-0.2, -0.15) is 52.7 Å². The Balaban J connectivity index is 1.91. The zero-order valence-corrected chi connectivity index (χ0v) is 21.2. The lowest BCUT2D eigenvalue weighted by molar-refractivity contribution is -0.254. The minimum Gasteiger partial charge on any atom is -0.231 e. The lowest BCUT2D eigenvalue weighted by Crippen LogP contribution is -2.49. The zero-order valence-electron chi connectivity index (χ0n) is 19.5. The fourth-order valence-electron chi connectivity index (χ4n) is 4.11. The topological polar surface area (TPSA) is 25.8 Å². The monoisotopic (exact) mass is 630 g/mol. The highest BCUT2D eigenvalue weighted by atomic mass is 32.1. The van der Waals surface area contributed by atoms with Crippen molar-refractivity contribution in [2.45, 2.75) is 30.1 Å². The number of hydrogen-bond acceptors (Lipinski definition) is 4. The molecule has 0 unspecified atom stereocenters. The SMILES string of the molecule is FC(F)(F)c1nc(-c2ccccc2)sc1C1=C(c2sc(-c3ccccc3)nc2C(F)(F)F)C(F)(F)C(F)(F)C1(F)F. The number of halogens is 12. The van der Waals surface area contributed by atoms with Crippen molar-refractivity contribution in [3.05, 3.63) is 81.8 Å². The van der Waals surface area contributed by atoms with E-state index < -0.39 is 72.4 Å². The van der Waals surface area contributed by atoms with Gasteiger partial charge in [0.25, 0.3) is 0 Å². The third-order valence-electron chi connectivity index (χ3n) is 5.95. The molecule has 0 atom stereocenters. The molecule has 2 aromatic heterocycles. The molecule has 5 rings (SSSR count). The molecule has 2 nitrogen and oxygen atoms in total. The van der Waals surface area contributed by atoms with Crippen LogP contribution in [-0.2, 0) is 12.4 Å². The van der Waals surface area contributed by atoms with Crippen LogP contribution in [0, 0.1) is 0 Å². The van der Waals surface area contributed by atoms with E-state index in [-0.39, 0.29) is 33.8 Å². The van der Waals surface area contributed by atoms with Crippen LogP contribution in [0.15, 0.2) is 60.7 Å². The fraction of sp³-hybridized carbons (Fsp3) is 0.200. The summed E-state index contributed by atoms with van der Waals surface area (Å²) in [5.41, 5.74) is -9.90. The van der Waals surface area contributed by atoms with Crippen LogP contribution >= 0.6 is 22.7 Å². The molecule has 0 saturated carbocycles. The molecule has 0 aliphatic heterocycles. The first kappa shape index (κ1) is 29.1. The second-order valence-corrected chi connectivity index (χ2v) is 10.6. The van der Waals surface area contributed by atoms with E-state index in [2.05, 4.69) is 9.97 Å². The van der Waals surface area contributed by atoms with Crippen molar-refractivity contribution in [3.8, 4) is 21.1 Å². The summed E-state index contributed by atoms with van der Waals surface area (Å²) in [7, 11) is 0. The van der Waals surface area contributed by atoms with Crippen LogP contribution in [0.1, 0.15) is 21.1 Å². The summed E-state index contributed by atoms with van der Waals surface area (Å²) in [6.45, 7) is 0. The van der Waals surface area contributed by atoms with Crippen molar-refractivity contribution in [3.63, 3.8) is 0 Å². The number of hydrogen-bond donors (Lipinski definition) is 0. The number of nitrogens with zero attached hydrogens (tertiary/aromatic N) is 2. The van der Waals surface area contributed by atoms with E-state index in [4.69, 9.17) is 0 Å². The summed E-state index contributed by atoms with van der Waals surface area (Å²) >= 11 is -0.554. The Hall–Kier alpha value is -3.40. The first-order valence-corrected chi connectivity index (χ1v) is 12.7. The highest BCUT2D eigenvalue weighted by Gasteiger charge is 2.81. The maximum Gasteiger partial charge on any atom is 0.434 e.